The lowest BCUT2D eigenvalue weighted by Gasteiger charge is -2.16. The van der Waals surface area contributed by atoms with Crippen molar-refractivity contribution < 1.29 is 19.4 Å². The standard InChI is InChI=1S/C18H21NO4/c1-22-16-8-6-13(7-9-16)15(12-20)11-19-18(21)14-4-3-5-17(10-14)23-2/h3-10,15,20H,11-12H2,1-2H3,(H,19,21)/t15-/m1/s1. The highest BCUT2D eigenvalue weighted by Gasteiger charge is 2.13. The zero-order valence-corrected chi connectivity index (χ0v) is 13.3. The third kappa shape index (κ3) is 4.47. The van der Waals surface area contributed by atoms with Crippen LogP contribution in [0, 0.1) is 0 Å². The molecule has 2 aromatic rings. The lowest BCUT2D eigenvalue weighted by Crippen LogP contribution is -2.29. The van der Waals surface area contributed by atoms with E-state index in [-0.39, 0.29) is 18.4 Å². The maximum Gasteiger partial charge on any atom is 0.251 e. The molecule has 0 radical (unpaired) electrons. The second-order valence-corrected chi connectivity index (χ2v) is 5.09. The highest BCUT2D eigenvalue weighted by atomic mass is 16.5. The monoisotopic (exact) mass is 315 g/mol. The molecule has 5 heteroatoms. The highest BCUT2D eigenvalue weighted by Crippen LogP contribution is 2.19. The number of nitrogens with one attached hydrogen (secondary N) is 1. The molecule has 0 unspecified atom stereocenters. The van der Waals surface area contributed by atoms with Gasteiger partial charge in [0.1, 0.15) is 11.5 Å². The van der Waals surface area contributed by atoms with Crippen LogP contribution < -0.4 is 14.8 Å². The van der Waals surface area contributed by atoms with Gasteiger partial charge in [-0.05, 0) is 35.9 Å². The summed E-state index contributed by atoms with van der Waals surface area (Å²) in [6.45, 7) is 0.295. The van der Waals surface area contributed by atoms with Gasteiger partial charge >= 0.3 is 0 Å². The second-order valence-electron chi connectivity index (χ2n) is 5.09. The number of aliphatic hydroxyl groups excluding tert-OH is 1. The molecule has 5 nitrogen and oxygen atoms in total. The molecule has 23 heavy (non-hydrogen) atoms. The lowest BCUT2D eigenvalue weighted by atomic mass is 9.99. The third-order valence-electron chi connectivity index (χ3n) is 3.65. The number of carbonyl (C=O) groups excluding carboxylic acids is 1. The van der Waals surface area contributed by atoms with Crippen molar-refractivity contribution in [1.29, 1.82) is 0 Å². The maximum atomic E-state index is 12.2. The molecule has 1 amide bonds. The molecule has 0 heterocycles. The van der Waals surface area contributed by atoms with Crippen molar-refractivity contribution in [2.45, 2.75) is 5.92 Å². The van der Waals surface area contributed by atoms with Crippen LogP contribution in [-0.2, 0) is 0 Å². The van der Waals surface area contributed by atoms with E-state index in [4.69, 9.17) is 9.47 Å². The van der Waals surface area contributed by atoms with E-state index in [1.165, 1.54) is 0 Å². The van der Waals surface area contributed by atoms with Gasteiger partial charge in [-0.3, -0.25) is 4.79 Å². The summed E-state index contributed by atoms with van der Waals surface area (Å²) in [5.74, 6) is 1.02. The summed E-state index contributed by atoms with van der Waals surface area (Å²) in [4.78, 5) is 12.2. The summed E-state index contributed by atoms with van der Waals surface area (Å²) < 4.78 is 10.2. The molecule has 1 atom stereocenters. The molecule has 0 aliphatic rings. The number of hydrogen-bond acceptors (Lipinski definition) is 4. The van der Waals surface area contributed by atoms with E-state index in [2.05, 4.69) is 5.32 Å². The second kappa shape index (κ2) is 8.19. The summed E-state index contributed by atoms with van der Waals surface area (Å²) in [6, 6.07) is 14.4. The first-order valence-corrected chi connectivity index (χ1v) is 7.35. The molecule has 0 fully saturated rings. The van der Waals surface area contributed by atoms with Crippen molar-refractivity contribution >= 4 is 5.91 Å². The van der Waals surface area contributed by atoms with Gasteiger partial charge in [0.15, 0.2) is 0 Å². The van der Waals surface area contributed by atoms with E-state index in [1.54, 1.807) is 38.5 Å². The first kappa shape index (κ1) is 16.8. The van der Waals surface area contributed by atoms with Gasteiger partial charge < -0.3 is 19.9 Å². The van der Waals surface area contributed by atoms with E-state index in [1.807, 2.05) is 24.3 Å². The Morgan fingerprint density at radius 3 is 2.39 bits per heavy atom. The van der Waals surface area contributed by atoms with Crippen LogP contribution in [0.25, 0.3) is 0 Å². The molecule has 0 saturated carbocycles. The molecular formula is C18H21NO4. The Labute approximate surface area is 135 Å². The van der Waals surface area contributed by atoms with Crippen LogP contribution >= 0.6 is 0 Å². The zero-order valence-electron chi connectivity index (χ0n) is 13.3. The Hall–Kier alpha value is -2.53. The quantitative estimate of drug-likeness (QED) is 0.822. The van der Waals surface area contributed by atoms with Crippen LogP contribution in [0.5, 0.6) is 11.5 Å². The number of methoxy groups -OCH3 is 2. The van der Waals surface area contributed by atoms with Crippen molar-refractivity contribution in [3.8, 4) is 11.5 Å². The van der Waals surface area contributed by atoms with Crippen LogP contribution in [0.1, 0.15) is 21.8 Å². The molecule has 122 valence electrons. The SMILES string of the molecule is COc1ccc([C@@H](CO)CNC(=O)c2cccc(OC)c2)cc1. The van der Waals surface area contributed by atoms with Gasteiger partial charge in [0.2, 0.25) is 0 Å². The molecule has 0 bridgehead atoms. The summed E-state index contributed by atoms with van der Waals surface area (Å²) in [5.41, 5.74) is 1.47. The van der Waals surface area contributed by atoms with Crippen molar-refractivity contribution in [2.75, 3.05) is 27.4 Å². The largest absolute Gasteiger partial charge is 0.497 e. The third-order valence-corrected chi connectivity index (χ3v) is 3.65. The maximum absolute atomic E-state index is 12.2. The van der Waals surface area contributed by atoms with Crippen molar-refractivity contribution in [3.63, 3.8) is 0 Å². The van der Waals surface area contributed by atoms with Gasteiger partial charge in [-0.15, -0.1) is 0 Å². The number of ether oxygens (including phenoxy) is 2. The van der Waals surface area contributed by atoms with Crippen LogP contribution in [0.15, 0.2) is 48.5 Å². The summed E-state index contributed by atoms with van der Waals surface area (Å²) in [6.07, 6.45) is 0. The predicted octanol–water partition coefficient (Wildman–Crippen LogP) is 2.21. The van der Waals surface area contributed by atoms with Gasteiger partial charge in [-0.25, -0.2) is 0 Å². The van der Waals surface area contributed by atoms with Gasteiger partial charge in [0.25, 0.3) is 5.91 Å². The van der Waals surface area contributed by atoms with Gasteiger partial charge in [0.05, 0.1) is 20.8 Å². The number of aliphatic hydroxyl groups is 1. The fraction of sp³-hybridized carbons (Fsp3) is 0.278. The van der Waals surface area contributed by atoms with Gasteiger partial charge in [0, 0.05) is 18.0 Å². The molecule has 0 aliphatic heterocycles. The van der Waals surface area contributed by atoms with E-state index in [9.17, 15) is 9.90 Å². The topological polar surface area (TPSA) is 67.8 Å². The zero-order chi connectivity index (χ0) is 16.7. The Morgan fingerprint density at radius 1 is 1.09 bits per heavy atom. The first-order valence-electron chi connectivity index (χ1n) is 7.35. The molecule has 2 N–H and O–H groups in total. The normalized spacial score (nSPS) is 11.6. The predicted molar refractivity (Wildman–Crippen MR) is 88.1 cm³/mol. The number of carbonyl (C=O) groups is 1. The van der Waals surface area contributed by atoms with E-state index >= 15 is 0 Å². The van der Waals surface area contributed by atoms with Gasteiger partial charge in [-0.1, -0.05) is 18.2 Å². The van der Waals surface area contributed by atoms with E-state index in [0.717, 1.165) is 11.3 Å². The summed E-state index contributed by atoms with van der Waals surface area (Å²) >= 11 is 0. The fourth-order valence-corrected chi connectivity index (χ4v) is 2.25. The average molecular weight is 315 g/mol. The Morgan fingerprint density at radius 2 is 1.78 bits per heavy atom. The highest BCUT2D eigenvalue weighted by molar-refractivity contribution is 5.94. The number of amides is 1. The number of rotatable bonds is 7. The molecule has 2 rings (SSSR count). The van der Waals surface area contributed by atoms with Crippen molar-refractivity contribution in [1.82, 2.24) is 5.32 Å². The molecule has 0 aliphatic carbocycles. The van der Waals surface area contributed by atoms with Crippen molar-refractivity contribution in [3.05, 3.63) is 59.7 Å². The molecule has 0 aromatic heterocycles. The average Bonchev–Trinajstić information content (AvgIpc) is 2.62. The minimum Gasteiger partial charge on any atom is -0.497 e. The number of benzene rings is 2. The smallest absolute Gasteiger partial charge is 0.251 e. The van der Waals surface area contributed by atoms with E-state index in [0.29, 0.717) is 17.9 Å². The lowest BCUT2D eigenvalue weighted by molar-refractivity contribution is 0.0947. The van der Waals surface area contributed by atoms with Crippen LogP contribution in [-0.4, -0.2) is 38.4 Å². The minimum atomic E-state index is -0.198. The Kier molecular flexibility index (Phi) is 6.00. The molecule has 0 spiro atoms. The molecule has 2 aromatic carbocycles. The number of hydrogen-bond donors (Lipinski definition) is 2. The van der Waals surface area contributed by atoms with Crippen LogP contribution in [0.3, 0.4) is 0 Å². The van der Waals surface area contributed by atoms with E-state index < -0.39 is 0 Å². The fourth-order valence-electron chi connectivity index (χ4n) is 2.25. The molecule has 0 saturated heterocycles. The Bertz CT molecular complexity index is 640. The minimum absolute atomic E-state index is 0.0509. The van der Waals surface area contributed by atoms with Crippen LogP contribution in [0.4, 0.5) is 0 Å². The van der Waals surface area contributed by atoms with Gasteiger partial charge in [-0.2, -0.15) is 0 Å². The van der Waals surface area contributed by atoms with Crippen LogP contribution in [0.2, 0.25) is 0 Å². The van der Waals surface area contributed by atoms with Crippen molar-refractivity contribution in [2.24, 2.45) is 0 Å². The molecular weight excluding hydrogens is 294 g/mol. The summed E-state index contributed by atoms with van der Waals surface area (Å²) in [5, 5.41) is 12.4. The summed E-state index contributed by atoms with van der Waals surface area (Å²) in [7, 11) is 3.16. The Balaban J connectivity index is 2.00. The first-order chi connectivity index (χ1) is 11.2.